The van der Waals surface area contributed by atoms with Gasteiger partial charge in [0.05, 0.1) is 25.9 Å². The lowest BCUT2D eigenvalue weighted by Gasteiger charge is -2.11. The molecule has 0 fully saturated rings. The van der Waals surface area contributed by atoms with Gasteiger partial charge in [0.1, 0.15) is 5.75 Å². The molecule has 1 aromatic rings. The van der Waals surface area contributed by atoms with Crippen LogP contribution >= 0.6 is 0 Å². The molecule has 0 heterocycles. The first kappa shape index (κ1) is 14.3. The number of hydrogen-bond acceptors (Lipinski definition) is 4. The van der Waals surface area contributed by atoms with Gasteiger partial charge in [0.2, 0.25) is 0 Å². The quantitative estimate of drug-likeness (QED) is 0.732. The van der Waals surface area contributed by atoms with Crippen LogP contribution in [-0.4, -0.2) is 38.6 Å². The molecular formula is C15H22O4. The van der Waals surface area contributed by atoms with E-state index in [2.05, 4.69) is 0 Å². The van der Waals surface area contributed by atoms with Crippen LogP contribution in [0, 0.1) is 0 Å². The maximum Gasteiger partial charge on any atom is 0.122 e. The topological polar surface area (TPSA) is 47.9 Å². The van der Waals surface area contributed by atoms with Crippen molar-refractivity contribution >= 4 is 0 Å². The Bertz CT molecular complexity index is 392. The number of aliphatic hydroxyl groups excluding tert-OH is 1. The molecular weight excluding hydrogens is 244 g/mol. The molecule has 2 rings (SSSR count). The molecule has 0 saturated heterocycles. The standard InChI is InChI=1S/C15H22O4/c1-17-10-11-18-8-3-9-19-15-5-2-4-12-13(15)6-7-14(12)16/h2,4-5,14,16H,3,6-11H2,1H3. The van der Waals surface area contributed by atoms with E-state index in [1.165, 1.54) is 0 Å². The zero-order valence-corrected chi connectivity index (χ0v) is 11.4. The van der Waals surface area contributed by atoms with Crippen molar-refractivity contribution in [2.45, 2.75) is 25.4 Å². The van der Waals surface area contributed by atoms with Gasteiger partial charge in [0.15, 0.2) is 0 Å². The van der Waals surface area contributed by atoms with Crippen molar-refractivity contribution < 1.29 is 19.3 Å². The van der Waals surface area contributed by atoms with Crippen LogP contribution in [-0.2, 0) is 15.9 Å². The predicted molar refractivity (Wildman–Crippen MR) is 72.5 cm³/mol. The second kappa shape index (κ2) is 7.48. The fourth-order valence-corrected chi connectivity index (χ4v) is 2.32. The van der Waals surface area contributed by atoms with Gasteiger partial charge in [-0.2, -0.15) is 0 Å². The van der Waals surface area contributed by atoms with Crippen molar-refractivity contribution in [2.75, 3.05) is 33.5 Å². The lowest BCUT2D eigenvalue weighted by atomic mass is 10.1. The van der Waals surface area contributed by atoms with Crippen LogP contribution in [0.25, 0.3) is 0 Å². The van der Waals surface area contributed by atoms with E-state index >= 15 is 0 Å². The van der Waals surface area contributed by atoms with Gasteiger partial charge in [0.25, 0.3) is 0 Å². The lowest BCUT2D eigenvalue weighted by molar-refractivity contribution is 0.0644. The van der Waals surface area contributed by atoms with Crippen molar-refractivity contribution in [1.29, 1.82) is 0 Å². The Hall–Kier alpha value is -1.10. The highest BCUT2D eigenvalue weighted by molar-refractivity contribution is 5.44. The monoisotopic (exact) mass is 266 g/mol. The molecule has 1 unspecified atom stereocenters. The number of methoxy groups -OCH3 is 1. The van der Waals surface area contributed by atoms with Gasteiger partial charge in [-0.05, 0) is 24.5 Å². The van der Waals surface area contributed by atoms with Gasteiger partial charge in [0, 0.05) is 25.7 Å². The lowest BCUT2D eigenvalue weighted by Crippen LogP contribution is -2.07. The van der Waals surface area contributed by atoms with Crippen LogP contribution < -0.4 is 4.74 Å². The Morgan fingerprint density at radius 2 is 2.11 bits per heavy atom. The highest BCUT2D eigenvalue weighted by atomic mass is 16.5. The van der Waals surface area contributed by atoms with E-state index in [4.69, 9.17) is 14.2 Å². The average Bonchev–Trinajstić information content (AvgIpc) is 2.81. The summed E-state index contributed by atoms with van der Waals surface area (Å²) in [6.07, 6.45) is 2.24. The molecule has 4 heteroatoms. The molecule has 1 aliphatic rings. The Morgan fingerprint density at radius 1 is 1.21 bits per heavy atom. The van der Waals surface area contributed by atoms with Crippen molar-refractivity contribution in [3.8, 4) is 5.75 Å². The van der Waals surface area contributed by atoms with E-state index in [0.29, 0.717) is 26.4 Å². The summed E-state index contributed by atoms with van der Waals surface area (Å²) in [5.41, 5.74) is 2.18. The summed E-state index contributed by atoms with van der Waals surface area (Å²) in [7, 11) is 1.66. The molecule has 0 amide bonds. The summed E-state index contributed by atoms with van der Waals surface area (Å²) >= 11 is 0. The zero-order chi connectivity index (χ0) is 13.5. The summed E-state index contributed by atoms with van der Waals surface area (Å²) in [6.45, 7) is 2.58. The van der Waals surface area contributed by atoms with Crippen molar-refractivity contribution in [2.24, 2.45) is 0 Å². The molecule has 0 saturated carbocycles. The second-order valence-electron chi connectivity index (χ2n) is 4.69. The summed E-state index contributed by atoms with van der Waals surface area (Å²) in [4.78, 5) is 0. The first-order valence-electron chi connectivity index (χ1n) is 6.82. The number of rotatable bonds is 8. The third-order valence-electron chi connectivity index (χ3n) is 3.32. The summed E-state index contributed by atoms with van der Waals surface area (Å²) < 4.78 is 16.1. The SMILES string of the molecule is COCCOCCCOc1cccc2c1CCC2O. The Kier molecular flexibility index (Phi) is 5.63. The normalized spacial score (nSPS) is 17.5. The largest absolute Gasteiger partial charge is 0.493 e. The molecule has 1 N–H and O–H groups in total. The van der Waals surface area contributed by atoms with Crippen LogP contribution in [0.15, 0.2) is 18.2 Å². The van der Waals surface area contributed by atoms with E-state index in [-0.39, 0.29) is 6.10 Å². The first-order valence-corrected chi connectivity index (χ1v) is 6.82. The highest BCUT2D eigenvalue weighted by Gasteiger charge is 2.22. The predicted octanol–water partition coefficient (Wildman–Crippen LogP) is 2.10. The molecule has 1 aliphatic carbocycles. The molecule has 0 bridgehead atoms. The maximum atomic E-state index is 9.81. The Balaban J connectivity index is 1.72. The van der Waals surface area contributed by atoms with E-state index in [0.717, 1.165) is 36.1 Å². The minimum atomic E-state index is -0.323. The molecule has 19 heavy (non-hydrogen) atoms. The molecule has 0 aromatic heterocycles. The van der Waals surface area contributed by atoms with E-state index in [9.17, 15) is 5.11 Å². The van der Waals surface area contributed by atoms with E-state index < -0.39 is 0 Å². The van der Waals surface area contributed by atoms with E-state index in [1.54, 1.807) is 7.11 Å². The van der Waals surface area contributed by atoms with Gasteiger partial charge >= 0.3 is 0 Å². The minimum absolute atomic E-state index is 0.323. The molecule has 0 spiro atoms. The number of benzene rings is 1. The van der Waals surface area contributed by atoms with Crippen LogP contribution in [0.4, 0.5) is 0 Å². The minimum Gasteiger partial charge on any atom is -0.493 e. The Morgan fingerprint density at radius 3 is 2.95 bits per heavy atom. The zero-order valence-electron chi connectivity index (χ0n) is 11.4. The summed E-state index contributed by atoms with van der Waals surface area (Å²) in [6, 6.07) is 5.90. The molecule has 106 valence electrons. The first-order chi connectivity index (χ1) is 9.33. The molecule has 0 aliphatic heterocycles. The number of aliphatic hydroxyl groups is 1. The van der Waals surface area contributed by atoms with Gasteiger partial charge in [-0.25, -0.2) is 0 Å². The second-order valence-corrected chi connectivity index (χ2v) is 4.69. The van der Waals surface area contributed by atoms with Crippen molar-refractivity contribution in [3.05, 3.63) is 29.3 Å². The molecule has 1 aromatic carbocycles. The number of ether oxygens (including phenoxy) is 3. The summed E-state index contributed by atoms with van der Waals surface area (Å²) in [5.74, 6) is 0.908. The van der Waals surface area contributed by atoms with Crippen molar-refractivity contribution in [1.82, 2.24) is 0 Å². The number of fused-ring (bicyclic) bond motifs is 1. The molecule has 4 nitrogen and oxygen atoms in total. The average molecular weight is 266 g/mol. The summed E-state index contributed by atoms with van der Waals surface area (Å²) in [5, 5.41) is 9.81. The Labute approximate surface area is 114 Å². The van der Waals surface area contributed by atoms with E-state index in [1.807, 2.05) is 18.2 Å². The van der Waals surface area contributed by atoms with Crippen LogP contribution in [0.5, 0.6) is 5.75 Å². The van der Waals surface area contributed by atoms with Gasteiger partial charge in [-0.3, -0.25) is 0 Å². The molecule has 0 radical (unpaired) electrons. The van der Waals surface area contributed by atoms with Crippen LogP contribution in [0.3, 0.4) is 0 Å². The third-order valence-corrected chi connectivity index (χ3v) is 3.32. The molecule has 1 atom stereocenters. The smallest absolute Gasteiger partial charge is 0.122 e. The number of hydrogen-bond donors (Lipinski definition) is 1. The van der Waals surface area contributed by atoms with Crippen LogP contribution in [0.2, 0.25) is 0 Å². The van der Waals surface area contributed by atoms with Gasteiger partial charge in [-0.1, -0.05) is 12.1 Å². The maximum absolute atomic E-state index is 9.81. The van der Waals surface area contributed by atoms with Crippen LogP contribution in [0.1, 0.15) is 30.1 Å². The van der Waals surface area contributed by atoms with Crippen molar-refractivity contribution in [3.63, 3.8) is 0 Å². The highest BCUT2D eigenvalue weighted by Crippen LogP contribution is 2.36. The fraction of sp³-hybridized carbons (Fsp3) is 0.600. The van der Waals surface area contributed by atoms with Gasteiger partial charge < -0.3 is 19.3 Å². The fourth-order valence-electron chi connectivity index (χ4n) is 2.32. The third kappa shape index (κ3) is 3.93. The van der Waals surface area contributed by atoms with Gasteiger partial charge in [-0.15, -0.1) is 0 Å².